The molecule has 3 atom stereocenters. The zero-order chi connectivity index (χ0) is 39.8. The van der Waals surface area contributed by atoms with Crippen LogP contribution in [0.5, 0.6) is 0 Å². The minimum absolute atomic E-state index is 0.00104. The molecule has 0 spiro atoms. The predicted octanol–water partition coefficient (Wildman–Crippen LogP) is 10.1. The summed E-state index contributed by atoms with van der Waals surface area (Å²) in [5.74, 6) is -0.508. The van der Waals surface area contributed by atoms with Gasteiger partial charge in [-0.2, -0.15) is 0 Å². The van der Waals surface area contributed by atoms with E-state index in [0.29, 0.717) is 25.8 Å². The lowest BCUT2D eigenvalue weighted by Crippen LogP contribution is -2.40. The van der Waals surface area contributed by atoms with Crippen LogP contribution in [0.3, 0.4) is 0 Å². The number of hydroxylamine groups is 1. The van der Waals surface area contributed by atoms with E-state index in [1.165, 1.54) is 77.0 Å². The smallest absolute Gasteiger partial charge is 0.243 e. The van der Waals surface area contributed by atoms with Gasteiger partial charge in [0.05, 0.1) is 18.8 Å². The Balaban J connectivity index is 1.46. The number of carbonyl (C=O) groups is 2. The first-order valence-electron chi connectivity index (χ1n) is 21.5. The Hall–Kier alpha value is -3.60. The molecule has 9 heteroatoms. The van der Waals surface area contributed by atoms with Crippen molar-refractivity contribution < 1.29 is 29.4 Å². The lowest BCUT2D eigenvalue weighted by molar-refractivity contribution is -0.253. The number of nitrogens with one attached hydrogen (secondary N) is 2. The third-order valence-electron chi connectivity index (χ3n) is 10.8. The van der Waals surface area contributed by atoms with Crippen LogP contribution in [0.25, 0.3) is 11.1 Å². The van der Waals surface area contributed by atoms with E-state index in [4.69, 9.17) is 14.7 Å². The SMILES string of the molecule is CCCCCCCCN(CCCCCCCC)C[C@H]1C[C@@H](c2ccc(CO)cc2)O[C@@H](c2cccc(-c3cccc(CNC(=O)CCCCC(=O)NO)c3)c2)O1. The summed E-state index contributed by atoms with van der Waals surface area (Å²) in [6.45, 7) is 8.03. The Bertz CT molecular complexity index is 1530. The average Bonchev–Trinajstić information content (AvgIpc) is 3.23. The van der Waals surface area contributed by atoms with Gasteiger partial charge in [0.25, 0.3) is 0 Å². The van der Waals surface area contributed by atoms with Crippen LogP contribution in [0.4, 0.5) is 0 Å². The minimum atomic E-state index is -0.535. The molecule has 0 radical (unpaired) electrons. The number of carbonyl (C=O) groups excluding carboxylic acids is 2. The van der Waals surface area contributed by atoms with E-state index in [2.05, 4.69) is 72.6 Å². The van der Waals surface area contributed by atoms with Crippen molar-refractivity contribution in [3.63, 3.8) is 0 Å². The molecule has 1 saturated heterocycles. The first-order valence-corrected chi connectivity index (χ1v) is 21.5. The lowest BCUT2D eigenvalue weighted by atomic mass is 9.98. The van der Waals surface area contributed by atoms with Crippen molar-refractivity contribution in [1.29, 1.82) is 0 Å². The maximum absolute atomic E-state index is 12.5. The second kappa shape index (κ2) is 26.3. The van der Waals surface area contributed by atoms with E-state index in [1.807, 2.05) is 24.3 Å². The number of hydrogen-bond donors (Lipinski definition) is 4. The van der Waals surface area contributed by atoms with Crippen LogP contribution in [-0.2, 0) is 32.2 Å². The molecule has 2 amide bonds. The summed E-state index contributed by atoms with van der Waals surface area (Å²) < 4.78 is 13.6. The third kappa shape index (κ3) is 16.5. The molecule has 4 N–H and O–H groups in total. The Morgan fingerprint density at radius 2 is 1.29 bits per heavy atom. The highest BCUT2D eigenvalue weighted by molar-refractivity contribution is 5.76. The maximum Gasteiger partial charge on any atom is 0.243 e. The quantitative estimate of drug-likeness (QED) is 0.0346. The number of ether oxygens (including phenoxy) is 2. The summed E-state index contributed by atoms with van der Waals surface area (Å²) in [4.78, 5) is 26.3. The standard InChI is InChI=1S/C47H69N3O6/c1-3-5-7-9-11-15-29-50(30-16-12-10-8-6-4-2)35-43-33-44(39-27-25-37(36-51)26-28-39)56-47(55-43)42-22-18-21-41(32-42)40-20-17-19-38(31-40)34-48-45(52)23-13-14-24-46(53)49-54/h17-22,25-28,31-32,43-44,47,51,54H,3-16,23-24,29-30,33-36H2,1-2H3,(H,48,52)(H,49,53)/t43-,44+,47+/m1/s1. The van der Waals surface area contributed by atoms with Gasteiger partial charge < -0.3 is 24.8 Å². The predicted molar refractivity (Wildman–Crippen MR) is 224 cm³/mol. The average molecular weight is 772 g/mol. The molecular weight excluding hydrogens is 703 g/mol. The van der Waals surface area contributed by atoms with Crippen molar-refractivity contribution in [3.8, 4) is 11.1 Å². The second-order valence-electron chi connectivity index (χ2n) is 15.5. The fraction of sp³-hybridized carbons (Fsp3) is 0.574. The van der Waals surface area contributed by atoms with Gasteiger partial charge in [-0.1, -0.05) is 139 Å². The van der Waals surface area contributed by atoms with Gasteiger partial charge in [0.2, 0.25) is 11.8 Å². The number of amides is 2. The normalized spacial score (nSPS) is 16.9. The van der Waals surface area contributed by atoms with E-state index < -0.39 is 12.2 Å². The number of rotatable bonds is 27. The van der Waals surface area contributed by atoms with Gasteiger partial charge in [-0.3, -0.25) is 14.8 Å². The number of nitrogens with zero attached hydrogens (tertiary/aromatic N) is 1. The highest BCUT2D eigenvalue weighted by Crippen LogP contribution is 2.39. The molecule has 4 rings (SSSR count). The molecule has 3 aromatic carbocycles. The van der Waals surface area contributed by atoms with Gasteiger partial charge in [-0.25, -0.2) is 5.48 Å². The van der Waals surface area contributed by atoms with Crippen molar-refractivity contribution in [2.75, 3.05) is 19.6 Å². The van der Waals surface area contributed by atoms with E-state index >= 15 is 0 Å². The molecule has 9 nitrogen and oxygen atoms in total. The van der Waals surface area contributed by atoms with Gasteiger partial charge in [0.1, 0.15) is 0 Å². The highest BCUT2D eigenvalue weighted by Gasteiger charge is 2.33. The lowest BCUT2D eigenvalue weighted by Gasteiger charge is -2.38. The number of benzene rings is 3. The Morgan fingerprint density at radius 1 is 0.679 bits per heavy atom. The summed E-state index contributed by atoms with van der Waals surface area (Å²) >= 11 is 0. The monoisotopic (exact) mass is 772 g/mol. The highest BCUT2D eigenvalue weighted by atomic mass is 16.7. The van der Waals surface area contributed by atoms with E-state index in [-0.39, 0.29) is 31.1 Å². The zero-order valence-electron chi connectivity index (χ0n) is 34.2. The summed E-state index contributed by atoms with van der Waals surface area (Å²) in [7, 11) is 0. The van der Waals surface area contributed by atoms with Crippen LogP contribution in [0.15, 0.2) is 72.8 Å². The van der Waals surface area contributed by atoms with E-state index in [1.54, 1.807) is 5.48 Å². The van der Waals surface area contributed by atoms with Crippen LogP contribution in [0, 0.1) is 0 Å². The molecule has 0 aliphatic carbocycles. The van der Waals surface area contributed by atoms with Crippen LogP contribution in [0.1, 0.15) is 158 Å². The number of unbranched alkanes of at least 4 members (excludes halogenated alkanes) is 11. The molecule has 56 heavy (non-hydrogen) atoms. The maximum atomic E-state index is 12.5. The van der Waals surface area contributed by atoms with Crippen molar-refractivity contribution in [1.82, 2.24) is 15.7 Å². The van der Waals surface area contributed by atoms with E-state index in [0.717, 1.165) is 59.4 Å². The molecule has 0 saturated carbocycles. The topological polar surface area (TPSA) is 120 Å². The molecule has 1 aliphatic heterocycles. The molecule has 1 fully saturated rings. The van der Waals surface area contributed by atoms with Crippen LogP contribution < -0.4 is 10.8 Å². The first kappa shape index (κ1) is 45.1. The van der Waals surface area contributed by atoms with Gasteiger partial charge in [-0.05, 0) is 78.7 Å². The Kier molecular flexibility index (Phi) is 21.2. The first-order chi connectivity index (χ1) is 27.4. The third-order valence-corrected chi connectivity index (χ3v) is 10.8. The summed E-state index contributed by atoms with van der Waals surface area (Å²) in [5, 5.41) is 21.3. The van der Waals surface area contributed by atoms with Gasteiger partial charge in [-0.15, -0.1) is 0 Å². The van der Waals surface area contributed by atoms with E-state index in [9.17, 15) is 14.7 Å². The number of aliphatic hydroxyl groups excluding tert-OH is 1. The summed E-state index contributed by atoms with van der Waals surface area (Å²) in [5.41, 5.74) is 7.66. The fourth-order valence-electron chi connectivity index (χ4n) is 7.49. The molecule has 0 bridgehead atoms. The van der Waals surface area contributed by atoms with Crippen molar-refractivity contribution in [2.24, 2.45) is 0 Å². The van der Waals surface area contributed by atoms with Crippen LogP contribution in [0.2, 0.25) is 0 Å². The summed E-state index contributed by atoms with van der Waals surface area (Å²) in [6.07, 6.45) is 17.1. The summed E-state index contributed by atoms with van der Waals surface area (Å²) in [6, 6.07) is 24.7. The van der Waals surface area contributed by atoms with Gasteiger partial charge in [0.15, 0.2) is 6.29 Å². The number of hydrogen-bond acceptors (Lipinski definition) is 7. The Morgan fingerprint density at radius 3 is 1.93 bits per heavy atom. The molecule has 0 unspecified atom stereocenters. The minimum Gasteiger partial charge on any atom is -0.392 e. The molecule has 308 valence electrons. The second-order valence-corrected chi connectivity index (χ2v) is 15.5. The van der Waals surface area contributed by atoms with Crippen LogP contribution >= 0.6 is 0 Å². The van der Waals surface area contributed by atoms with Crippen molar-refractivity contribution in [2.45, 2.75) is 155 Å². The van der Waals surface area contributed by atoms with Gasteiger partial charge in [0, 0.05) is 37.9 Å². The largest absolute Gasteiger partial charge is 0.392 e. The molecule has 1 heterocycles. The van der Waals surface area contributed by atoms with Crippen LogP contribution in [-0.4, -0.2) is 52.8 Å². The fourth-order valence-corrected chi connectivity index (χ4v) is 7.49. The molecule has 0 aromatic heterocycles. The molecule has 1 aliphatic rings. The van der Waals surface area contributed by atoms with Crippen molar-refractivity contribution in [3.05, 3.63) is 95.1 Å². The zero-order valence-corrected chi connectivity index (χ0v) is 34.2. The van der Waals surface area contributed by atoms with Gasteiger partial charge >= 0.3 is 0 Å². The molecule has 3 aromatic rings. The number of aliphatic hydroxyl groups is 1. The Labute approximate surface area is 336 Å². The molecular formula is C47H69N3O6. The van der Waals surface area contributed by atoms with Crippen molar-refractivity contribution >= 4 is 11.8 Å².